The minimum Gasteiger partial charge on any atom is -0.296 e. The van der Waals surface area contributed by atoms with Gasteiger partial charge < -0.3 is 0 Å². The molecule has 0 radical (unpaired) electrons. The number of imidazole rings is 1. The zero-order chi connectivity index (χ0) is 12.2. The van der Waals surface area contributed by atoms with Gasteiger partial charge in [-0.1, -0.05) is 18.2 Å². The molecule has 0 atom stereocenters. The second-order valence-electron chi connectivity index (χ2n) is 4.71. The summed E-state index contributed by atoms with van der Waals surface area (Å²) in [6.45, 7) is 8.54. The molecule has 2 heteroatoms. The fourth-order valence-electron chi connectivity index (χ4n) is 2.51. The van der Waals surface area contributed by atoms with E-state index in [9.17, 15) is 0 Å². The van der Waals surface area contributed by atoms with Crippen molar-refractivity contribution in [3.05, 3.63) is 46.8 Å². The number of para-hydroxylation sites is 1. The lowest BCUT2D eigenvalue weighted by Gasteiger charge is -2.10. The predicted octanol–water partition coefficient (Wildman–Crippen LogP) is 3.72. The van der Waals surface area contributed by atoms with Crippen molar-refractivity contribution in [2.75, 3.05) is 0 Å². The molecule has 1 aromatic carbocycles. The summed E-state index contributed by atoms with van der Waals surface area (Å²) in [5.41, 5.74) is 7.31. The van der Waals surface area contributed by atoms with Crippen molar-refractivity contribution in [3.63, 3.8) is 0 Å². The summed E-state index contributed by atoms with van der Waals surface area (Å²) >= 11 is 0. The molecule has 17 heavy (non-hydrogen) atoms. The first-order valence-corrected chi connectivity index (χ1v) is 5.95. The second-order valence-corrected chi connectivity index (χ2v) is 4.71. The van der Waals surface area contributed by atoms with Crippen LogP contribution in [0.4, 0.5) is 0 Å². The molecule has 0 aliphatic carbocycles. The molecule has 0 spiro atoms. The van der Waals surface area contributed by atoms with Crippen molar-refractivity contribution in [1.29, 1.82) is 0 Å². The predicted molar refractivity (Wildman–Crippen MR) is 71.6 cm³/mol. The summed E-state index contributed by atoms with van der Waals surface area (Å²) in [7, 11) is 0. The Morgan fingerprint density at radius 3 is 2.41 bits per heavy atom. The smallest absolute Gasteiger partial charge is 0.140 e. The van der Waals surface area contributed by atoms with E-state index in [1.807, 2.05) is 0 Å². The van der Waals surface area contributed by atoms with Gasteiger partial charge >= 0.3 is 0 Å². The number of benzene rings is 1. The zero-order valence-electron chi connectivity index (χ0n) is 10.7. The zero-order valence-corrected chi connectivity index (χ0v) is 10.7. The van der Waals surface area contributed by atoms with Crippen LogP contribution in [0, 0.1) is 27.7 Å². The van der Waals surface area contributed by atoms with E-state index in [0.717, 1.165) is 11.3 Å². The molecule has 0 N–H and O–H groups in total. The minimum atomic E-state index is 1.09. The van der Waals surface area contributed by atoms with Gasteiger partial charge in [0.15, 0.2) is 0 Å². The first kappa shape index (κ1) is 10.3. The molecule has 0 saturated heterocycles. The maximum atomic E-state index is 4.69. The molecule has 0 unspecified atom stereocenters. The van der Waals surface area contributed by atoms with Gasteiger partial charge in [-0.25, -0.2) is 4.98 Å². The Bertz CT molecular complexity index is 736. The molecule has 2 nitrogen and oxygen atoms in total. The lowest BCUT2D eigenvalue weighted by molar-refractivity contribution is 1.13. The van der Waals surface area contributed by atoms with E-state index in [0.29, 0.717) is 0 Å². The van der Waals surface area contributed by atoms with Crippen LogP contribution in [0.1, 0.15) is 22.5 Å². The average molecular weight is 224 g/mol. The number of aromatic nitrogens is 2. The number of pyridine rings is 1. The molecule has 86 valence electrons. The lowest BCUT2D eigenvalue weighted by atomic mass is 10.1. The Balaban J connectivity index is 2.71. The molecule has 0 aliphatic heterocycles. The summed E-state index contributed by atoms with van der Waals surface area (Å²) in [5.74, 6) is 0. The van der Waals surface area contributed by atoms with Crippen molar-refractivity contribution in [2.24, 2.45) is 0 Å². The van der Waals surface area contributed by atoms with Crippen molar-refractivity contribution in [1.82, 2.24) is 9.38 Å². The molecule has 3 rings (SSSR count). The Kier molecular flexibility index (Phi) is 2.02. The van der Waals surface area contributed by atoms with Gasteiger partial charge in [0, 0.05) is 11.1 Å². The number of rotatable bonds is 0. The topological polar surface area (TPSA) is 17.3 Å². The van der Waals surface area contributed by atoms with Crippen LogP contribution < -0.4 is 0 Å². The summed E-state index contributed by atoms with van der Waals surface area (Å²) in [5, 5.41) is 1.32. The van der Waals surface area contributed by atoms with Gasteiger partial charge in [-0.2, -0.15) is 0 Å². The number of hydrogen-bond donors (Lipinski definition) is 0. The van der Waals surface area contributed by atoms with Crippen LogP contribution in [0.5, 0.6) is 0 Å². The molecular weight excluding hydrogens is 208 g/mol. The highest BCUT2D eigenvalue weighted by Crippen LogP contribution is 2.27. The average Bonchev–Trinajstić information content (AvgIpc) is 2.63. The van der Waals surface area contributed by atoms with Gasteiger partial charge in [0.1, 0.15) is 5.65 Å². The van der Waals surface area contributed by atoms with Crippen LogP contribution in [0.3, 0.4) is 0 Å². The van der Waals surface area contributed by atoms with E-state index in [4.69, 9.17) is 0 Å². The number of aryl methyl sites for hydroxylation is 4. The summed E-state index contributed by atoms with van der Waals surface area (Å²) < 4.78 is 2.27. The highest BCUT2D eigenvalue weighted by Gasteiger charge is 2.12. The Hall–Kier alpha value is -1.83. The molecule has 0 amide bonds. The molecule has 2 heterocycles. The maximum absolute atomic E-state index is 4.69. The first-order valence-electron chi connectivity index (χ1n) is 5.95. The van der Waals surface area contributed by atoms with E-state index < -0.39 is 0 Å². The Morgan fingerprint density at radius 1 is 0.941 bits per heavy atom. The first-order chi connectivity index (χ1) is 8.11. The van der Waals surface area contributed by atoms with Crippen LogP contribution in [0.15, 0.2) is 24.3 Å². The van der Waals surface area contributed by atoms with Crippen LogP contribution in [0.25, 0.3) is 16.6 Å². The highest BCUT2D eigenvalue weighted by molar-refractivity contribution is 5.87. The fourth-order valence-corrected chi connectivity index (χ4v) is 2.51. The molecule has 0 fully saturated rings. The molecular formula is C15H16N2. The van der Waals surface area contributed by atoms with Crippen molar-refractivity contribution in [2.45, 2.75) is 27.7 Å². The monoisotopic (exact) mass is 224 g/mol. The van der Waals surface area contributed by atoms with Crippen molar-refractivity contribution >= 4 is 16.6 Å². The molecule has 3 aromatic rings. The van der Waals surface area contributed by atoms with E-state index in [2.05, 4.69) is 61.3 Å². The standard InChI is InChI=1S/C15H16N2/c1-9-10(2)15-16-11(3)12(4)17(15)14-8-6-5-7-13(9)14/h5-8H,1-4H3. The Morgan fingerprint density at radius 2 is 1.65 bits per heavy atom. The number of fused-ring (bicyclic) bond motifs is 3. The minimum absolute atomic E-state index is 1.09. The summed E-state index contributed by atoms with van der Waals surface area (Å²) in [6, 6.07) is 8.54. The van der Waals surface area contributed by atoms with Crippen LogP contribution in [-0.4, -0.2) is 9.38 Å². The number of hydrogen-bond acceptors (Lipinski definition) is 1. The van der Waals surface area contributed by atoms with Crippen molar-refractivity contribution < 1.29 is 0 Å². The van der Waals surface area contributed by atoms with E-state index in [1.54, 1.807) is 0 Å². The van der Waals surface area contributed by atoms with E-state index in [-0.39, 0.29) is 0 Å². The molecule has 0 bridgehead atoms. The maximum Gasteiger partial charge on any atom is 0.140 e. The lowest BCUT2D eigenvalue weighted by Crippen LogP contribution is -1.96. The number of nitrogens with zero attached hydrogens (tertiary/aromatic N) is 2. The second kappa shape index (κ2) is 3.33. The van der Waals surface area contributed by atoms with Crippen LogP contribution >= 0.6 is 0 Å². The third-order valence-corrected chi connectivity index (χ3v) is 3.79. The van der Waals surface area contributed by atoms with Gasteiger partial charge in [0.25, 0.3) is 0 Å². The van der Waals surface area contributed by atoms with Gasteiger partial charge in [-0.3, -0.25) is 4.40 Å². The summed E-state index contributed by atoms with van der Waals surface area (Å²) in [6.07, 6.45) is 0. The van der Waals surface area contributed by atoms with E-state index >= 15 is 0 Å². The third kappa shape index (κ3) is 1.24. The van der Waals surface area contributed by atoms with Gasteiger partial charge in [-0.15, -0.1) is 0 Å². The Labute approximate surface area is 101 Å². The molecule has 2 aromatic heterocycles. The van der Waals surface area contributed by atoms with Gasteiger partial charge in [-0.05, 0) is 44.9 Å². The van der Waals surface area contributed by atoms with Crippen molar-refractivity contribution in [3.8, 4) is 0 Å². The highest BCUT2D eigenvalue weighted by atomic mass is 15.0. The quantitative estimate of drug-likeness (QED) is 0.569. The summed E-state index contributed by atoms with van der Waals surface area (Å²) in [4.78, 5) is 4.69. The van der Waals surface area contributed by atoms with Crippen LogP contribution in [0.2, 0.25) is 0 Å². The molecule has 0 aliphatic rings. The fraction of sp³-hybridized carbons (Fsp3) is 0.267. The van der Waals surface area contributed by atoms with Crippen LogP contribution in [-0.2, 0) is 0 Å². The normalized spacial score (nSPS) is 11.5. The van der Waals surface area contributed by atoms with E-state index in [1.165, 1.54) is 27.7 Å². The van der Waals surface area contributed by atoms with Gasteiger partial charge in [0.2, 0.25) is 0 Å². The third-order valence-electron chi connectivity index (χ3n) is 3.79. The molecule has 0 saturated carbocycles. The largest absolute Gasteiger partial charge is 0.296 e. The SMILES string of the molecule is Cc1nc2c(C)c(C)c3ccccc3n2c1C. The van der Waals surface area contributed by atoms with Gasteiger partial charge in [0.05, 0.1) is 11.2 Å².